The molecule has 0 aliphatic carbocycles. The number of oxazole rings is 1. The van der Waals surface area contributed by atoms with Crippen LogP contribution in [0.5, 0.6) is 0 Å². The second-order valence-electron chi connectivity index (χ2n) is 10.1. The van der Waals surface area contributed by atoms with Gasteiger partial charge in [-0.15, -0.1) is 0 Å². The number of aryl methyl sites for hydroxylation is 1. The Labute approximate surface area is 245 Å². The van der Waals surface area contributed by atoms with Gasteiger partial charge >= 0.3 is 17.9 Å². The summed E-state index contributed by atoms with van der Waals surface area (Å²) in [6, 6.07) is 19.0. The van der Waals surface area contributed by atoms with Gasteiger partial charge in [-0.25, -0.2) is 14.6 Å². The molecule has 0 aliphatic rings. The fourth-order valence-electron chi connectivity index (χ4n) is 5.36. The number of carboxylic acid groups (broad SMARTS) is 1. The summed E-state index contributed by atoms with van der Waals surface area (Å²) in [6.45, 7) is 0. The van der Waals surface area contributed by atoms with Gasteiger partial charge in [0.25, 0.3) is 0 Å². The molecule has 0 saturated carbocycles. The van der Waals surface area contributed by atoms with E-state index in [9.17, 15) is 14.7 Å². The number of rotatable bonds is 6. The van der Waals surface area contributed by atoms with E-state index in [0.717, 1.165) is 16.7 Å². The Morgan fingerprint density at radius 3 is 2.42 bits per heavy atom. The summed E-state index contributed by atoms with van der Waals surface area (Å²) in [7, 11) is 1.35. The van der Waals surface area contributed by atoms with Crippen LogP contribution in [0.15, 0.2) is 94.3 Å². The molecule has 218 valence electrons. The summed E-state index contributed by atoms with van der Waals surface area (Å²) < 4.78 is 52.0. The molecule has 0 aliphatic heterocycles. The standard InChI is InChI=1S/C31H21ClF3N3O5/c1-38-25-14-19(8-11-26(25)43-29(38)41)30(42,31(33,34)35)27(24-13-17-4-2-3-5-22(17)37-24)20-9-6-16(12-21(20)32)18-7-10-23(28(39)40)36-15-18/h2-15,27,37,42H,1H3,(H,39,40). The number of alkyl halides is 3. The zero-order chi connectivity index (χ0) is 30.7. The number of pyridine rings is 1. The summed E-state index contributed by atoms with van der Waals surface area (Å²) in [6.07, 6.45) is -3.91. The van der Waals surface area contributed by atoms with Crippen LogP contribution in [-0.4, -0.2) is 36.9 Å². The average molecular weight is 608 g/mol. The minimum absolute atomic E-state index is 0.0342. The van der Waals surface area contributed by atoms with Crippen LogP contribution in [0.2, 0.25) is 5.02 Å². The molecule has 12 heteroatoms. The number of aromatic nitrogens is 3. The molecule has 0 bridgehead atoms. The molecule has 3 heterocycles. The molecule has 2 atom stereocenters. The van der Waals surface area contributed by atoms with E-state index in [-0.39, 0.29) is 33.1 Å². The number of carbonyl (C=O) groups is 1. The lowest BCUT2D eigenvalue weighted by molar-refractivity contribution is -0.272. The van der Waals surface area contributed by atoms with Crippen LogP contribution < -0.4 is 5.76 Å². The van der Waals surface area contributed by atoms with Crippen molar-refractivity contribution < 1.29 is 32.6 Å². The van der Waals surface area contributed by atoms with E-state index >= 15 is 13.2 Å². The van der Waals surface area contributed by atoms with Gasteiger partial charge in [0.15, 0.2) is 11.2 Å². The van der Waals surface area contributed by atoms with Crippen molar-refractivity contribution in [3.8, 4) is 11.1 Å². The lowest BCUT2D eigenvalue weighted by Gasteiger charge is -2.38. The molecule has 0 amide bonds. The molecule has 3 aromatic carbocycles. The first kappa shape index (κ1) is 28.3. The second-order valence-corrected chi connectivity index (χ2v) is 10.5. The van der Waals surface area contributed by atoms with Crippen molar-refractivity contribution in [1.29, 1.82) is 0 Å². The van der Waals surface area contributed by atoms with Crippen molar-refractivity contribution in [3.05, 3.63) is 123 Å². The first-order valence-electron chi connectivity index (χ1n) is 12.8. The van der Waals surface area contributed by atoms with E-state index in [4.69, 9.17) is 21.1 Å². The third-order valence-corrected chi connectivity index (χ3v) is 7.90. The Balaban J connectivity index is 1.58. The zero-order valence-electron chi connectivity index (χ0n) is 22.2. The molecular formula is C31H21ClF3N3O5. The minimum atomic E-state index is -5.23. The summed E-state index contributed by atoms with van der Waals surface area (Å²) >= 11 is 6.70. The number of para-hydroxylation sites is 1. The number of halogens is 4. The van der Waals surface area contributed by atoms with E-state index in [1.807, 2.05) is 0 Å². The number of hydrogen-bond acceptors (Lipinski definition) is 5. The van der Waals surface area contributed by atoms with Crippen LogP contribution in [-0.2, 0) is 12.6 Å². The lowest BCUT2D eigenvalue weighted by Crippen LogP contribution is -2.48. The number of aromatic amines is 1. The van der Waals surface area contributed by atoms with Gasteiger partial charge in [0.1, 0.15) is 5.69 Å². The summed E-state index contributed by atoms with van der Waals surface area (Å²) in [4.78, 5) is 30.2. The maximum absolute atomic E-state index is 15.3. The normalized spacial score (nSPS) is 14.2. The van der Waals surface area contributed by atoms with Gasteiger partial charge in [0, 0.05) is 35.0 Å². The predicted octanol–water partition coefficient (Wildman–Crippen LogP) is 6.61. The highest BCUT2D eigenvalue weighted by atomic mass is 35.5. The first-order chi connectivity index (χ1) is 20.4. The van der Waals surface area contributed by atoms with Crippen LogP contribution in [0.3, 0.4) is 0 Å². The van der Waals surface area contributed by atoms with Crippen LogP contribution in [0.25, 0.3) is 33.1 Å². The van der Waals surface area contributed by atoms with Crippen molar-refractivity contribution in [2.75, 3.05) is 0 Å². The Morgan fingerprint density at radius 1 is 1.02 bits per heavy atom. The van der Waals surface area contributed by atoms with E-state index in [1.54, 1.807) is 24.3 Å². The highest BCUT2D eigenvalue weighted by molar-refractivity contribution is 6.31. The Hall–Kier alpha value is -4.87. The van der Waals surface area contributed by atoms with Gasteiger partial charge in [-0.2, -0.15) is 13.2 Å². The topological polar surface area (TPSA) is 121 Å². The fraction of sp³-hybridized carbons (Fsp3) is 0.129. The molecule has 0 radical (unpaired) electrons. The average Bonchev–Trinajstić information content (AvgIpc) is 3.53. The van der Waals surface area contributed by atoms with E-state index < -0.39 is 35.0 Å². The van der Waals surface area contributed by atoms with Crippen molar-refractivity contribution in [1.82, 2.24) is 14.5 Å². The maximum atomic E-state index is 15.3. The molecule has 0 fully saturated rings. The zero-order valence-corrected chi connectivity index (χ0v) is 22.9. The van der Waals surface area contributed by atoms with Gasteiger partial charge in [-0.3, -0.25) is 4.57 Å². The van der Waals surface area contributed by atoms with E-state index in [1.165, 1.54) is 55.7 Å². The number of fused-ring (bicyclic) bond motifs is 2. The highest BCUT2D eigenvalue weighted by Gasteiger charge is 2.61. The summed E-state index contributed by atoms with van der Waals surface area (Å²) in [5, 5.41) is 21.7. The number of nitrogens with zero attached hydrogens (tertiary/aromatic N) is 2. The minimum Gasteiger partial charge on any atom is -0.477 e. The lowest BCUT2D eigenvalue weighted by atomic mass is 9.74. The largest absolute Gasteiger partial charge is 0.477 e. The number of aromatic carboxylic acids is 1. The number of carboxylic acids is 1. The van der Waals surface area contributed by atoms with Gasteiger partial charge in [0.2, 0.25) is 0 Å². The van der Waals surface area contributed by atoms with Gasteiger partial charge in [0.05, 0.1) is 11.4 Å². The molecule has 0 spiro atoms. The van der Waals surface area contributed by atoms with E-state index in [2.05, 4.69) is 9.97 Å². The Kier molecular flexibility index (Phi) is 6.67. The summed E-state index contributed by atoms with van der Waals surface area (Å²) in [5.74, 6) is -3.77. The Bertz CT molecular complexity index is 2050. The van der Waals surface area contributed by atoms with Crippen molar-refractivity contribution in [2.45, 2.75) is 17.7 Å². The van der Waals surface area contributed by atoms with Gasteiger partial charge in [-0.05, 0) is 58.5 Å². The molecule has 8 nitrogen and oxygen atoms in total. The van der Waals surface area contributed by atoms with Gasteiger partial charge < -0.3 is 19.6 Å². The highest BCUT2D eigenvalue weighted by Crippen LogP contribution is 2.53. The first-order valence-corrected chi connectivity index (χ1v) is 13.2. The number of aliphatic hydroxyl groups is 1. The van der Waals surface area contributed by atoms with Crippen LogP contribution in [0.1, 0.15) is 33.2 Å². The van der Waals surface area contributed by atoms with Crippen LogP contribution in [0, 0.1) is 0 Å². The maximum Gasteiger partial charge on any atom is 0.422 e. The van der Waals surface area contributed by atoms with Crippen molar-refractivity contribution >= 4 is 39.6 Å². The monoisotopic (exact) mass is 607 g/mol. The molecule has 43 heavy (non-hydrogen) atoms. The molecule has 6 rings (SSSR count). The molecule has 0 saturated heterocycles. The third-order valence-electron chi connectivity index (χ3n) is 7.57. The van der Waals surface area contributed by atoms with E-state index in [0.29, 0.717) is 22.0 Å². The SMILES string of the molecule is Cn1c(=O)oc2ccc(C(O)(C(c3cc4ccccc4[nH]3)c3ccc(-c4ccc(C(=O)O)nc4)cc3Cl)C(F)(F)F)cc21. The molecule has 3 aromatic heterocycles. The van der Waals surface area contributed by atoms with Crippen LogP contribution in [0.4, 0.5) is 13.2 Å². The van der Waals surface area contributed by atoms with Crippen molar-refractivity contribution in [2.24, 2.45) is 7.05 Å². The second kappa shape index (κ2) is 10.1. The van der Waals surface area contributed by atoms with Gasteiger partial charge in [-0.1, -0.05) is 54.1 Å². The number of H-pyrrole nitrogens is 1. The number of hydrogen-bond donors (Lipinski definition) is 3. The molecule has 3 N–H and O–H groups in total. The number of benzene rings is 3. The van der Waals surface area contributed by atoms with Crippen molar-refractivity contribution in [3.63, 3.8) is 0 Å². The third kappa shape index (κ3) is 4.66. The molecule has 2 unspecified atom stereocenters. The quantitative estimate of drug-likeness (QED) is 0.196. The smallest absolute Gasteiger partial charge is 0.422 e. The summed E-state index contributed by atoms with van der Waals surface area (Å²) in [5.41, 5.74) is -2.59. The fourth-order valence-corrected chi connectivity index (χ4v) is 5.65. The predicted molar refractivity (Wildman–Crippen MR) is 153 cm³/mol. The van der Waals surface area contributed by atoms with Crippen LogP contribution >= 0.6 is 11.6 Å². The molecule has 6 aromatic rings. The Morgan fingerprint density at radius 2 is 1.77 bits per heavy atom. The number of nitrogens with one attached hydrogen (secondary N) is 1. The molecular weight excluding hydrogens is 587 g/mol.